The molecule has 2 atom stereocenters. The van der Waals surface area contributed by atoms with Crippen molar-refractivity contribution in [2.24, 2.45) is 5.92 Å². The average Bonchev–Trinajstić information content (AvgIpc) is 3.28. The molecule has 0 saturated carbocycles. The van der Waals surface area contributed by atoms with Crippen molar-refractivity contribution in [1.82, 2.24) is 9.88 Å². The second kappa shape index (κ2) is 13.1. The first-order chi connectivity index (χ1) is 17.7. The Balaban J connectivity index is 1.71. The largest absolute Gasteiger partial charge is 0.491 e. The van der Waals surface area contributed by atoms with Crippen LogP contribution in [0, 0.1) is 5.92 Å². The fourth-order valence-corrected chi connectivity index (χ4v) is 4.59. The molecule has 1 aromatic heterocycles. The third-order valence-corrected chi connectivity index (χ3v) is 7.48. The monoisotopic (exact) mass is 508 g/mol. The van der Waals surface area contributed by atoms with Gasteiger partial charge >= 0.3 is 5.97 Å². The molecule has 202 valence electrons. The van der Waals surface area contributed by atoms with Crippen molar-refractivity contribution < 1.29 is 19.4 Å². The fourth-order valence-electron chi connectivity index (χ4n) is 4.59. The van der Waals surface area contributed by atoms with Crippen LogP contribution in [0.2, 0.25) is 0 Å². The van der Waals surface area contributed by atoms with Gasteiger partial charge in [-0.2, -0.15) is 0 Å². The molecule has 0 spiro atoms. The molecule has 1 heterocycles. The molecule has 0 fully saturated rings. The third-order valence-electron chi connectivity index (χ3n) is 7.48. The van der Waals surface area contributed by atoms with E-state index in [9.17, 15) is 9.90 Å². The Morgan fingerprint density at radius 2 is 1.84 bits per heavy atom. The van der Waals surface area contributed by atoms with Gasteiger partial charge in [0.2, 0.25) is 0 Å². The van der Waals surface area contributed by atoms with E-state index in [1.807, 2.05) is 19.9 Å². The Morgan fingerprint density at radius 3 is 2.51 bits per heavy atom. The van der Waals surface area contributed by atoms with Crippen LogP contribution in [0.4, 0.5) is 0 Å². The third kappa shape index (κ3) is 6.74. The van der Waals surface area contributed by atoms with Crippen molar-refractivity contribution in [3.63, 3.8) is 0 Å². The number of carbonyl (C=O) groups is 1. The van der Waals surface area contributed by atoms with Crippen LogP contribution < -0.4 is 10.1 Å². The average molecular weight is 509 g/mol. The SMILES string of the molecule is CCCCCn1c(-c2ccc(OCC(O)COC(=O)C(C)(NC)C(C)C)cc2CC)cc2ccccc21. The number of ether oxygens (including phenoxy) is 2. The minimum absolute atomic E-state index is 0.0466. The first kappa shape index (κ1) is 28.7. The van der Waals surface area contributed by atoms with E-state index < -0.39 is 11.6 Å². The summed E-state index contributed by atoms with van der Waals surface area (Å²) in [4.78, 5) is 12.5. The smallest absolute Gasteiger partial charge is 0.326 e. The lowest BCUT2D eigenvalue weighted by molar-refractivity contribution is -0.156. The van der Waals surface area contributed by atoms with Gasteiger partial charge < -0.3 is 24.5 Å². The molecule has 6 heteroatoms. The van der Waals surface area contributed by atoms with Crippen molar-refractivity contribution in [1.29, 1.82) is 0 Å². The summed E-state index contributed by atoms with van der Waals surface area (Å²) in [5.41, 5.74) is 4.09. The molecule has 0 aliphatic carbocycles. The number of nitrogens with one attached hydrogen (secondary N) is 1. The highest BCUT2D eigenvalue weighted by molar-refractivity contribution is 5.87. The van der Waals surface area contributed by atoms with Gasteiger partial charge in [-0.25, -0.2) is 0 Å². The molecule has 0 aliphatic heterocycles. The van der Waals surface area contributed by atoms with E-state index in [-0.39, 0.29) is 25.1 Å². The number of hydrogen-bond donors (Lipinski definition) is 2. The molecule has 3 aromatic rings. The molecule has 3 rings (SSSR count). The van der Waals surface area contributed by atoms with Crippen molar-refractivity contribution in [2.75, 3.05) is 20.3 Å². The summed E-state index contributed by atoms with van der Waals surface area (Å²) >= 11 is 0. The predicted octanol–water partition coefficient (Wildman–Crippen LogP) is 5.98. The van der Waals surface area contributed by atoms with Crippen molar-refractivity contribution >= 4 is 16.9 Å². The summed E-state index contributed by atoms with van der Waals surface area (Å²) in [7, 11) is 1.74. The number of aliphatic hydroxyl groups is 1. The topological polar surface area (TPSA) is 72.7 Å². The maximum Gasteiger partial charge on any atom is 0.326 e. The van der Waals surface area contributed by atoms with Crippen LogP contribution >= 0.6 is 0 Å². The highest BCUT2D eigenvalue weighted by atomic mass is 16.6. The van der Waals surface area contributed by atoms with Crippen LogP contribution in [0.5, 0.6) is 5.75 Å². The number of rotatable bonds is 14. The molecule has 0 amide bonds. The molecule has 37 heavy (non-hydrogen) atoms. The number of likely N-dealkylation sites (N-methyl/N-ethyl adjacent to an activating group) is 1. The van der Waals surface area contributed by atoms with Crippen LogP contribution in [0.15, 0.2) is 48.5 Å². The molecular weight excluding hydrogens is 464 g/mol. The van der Waals surface area contributed by atoms with E-state index in [1.54, 1.807) is 14.0 Å². The summed E-state index contributed by atoms with van der Waals surface area (Å²) in [6, 6.07) is 17.0. The zero-order valence-corrected chi connectivity index (χ0v) is 23.3. The number of hydrogen-bond acceptors (Lipinski definition) is 5. The van der Waals surface area contributed by atoms with Crippen LogP contribution in [-0.4, -0.2) is 47.5 Å². The molecular formula is C31H44N2O4. The number of unbranched alkanes of at least 4 members (excludes halogenated alkanes) is 2. The first-order valence-corrected chi connectivity index (χ1v) is 13.6. The van der Waals surface area contributed by atoms with E-state index >= 15 is 0 Å². The summed E-state index contributed by atoms with van der Waals surface area (Å²) in [5.74, 6) is 0.368. The standard InChI is InChI=1S/C31H44N2O4/c1-7-9-12-17-33-28-14-11-10-13-24(28)19-29(33)27-16-15-26(18-23(27)8-2)36-20-25(34)21-37-30(35)31(5,32-6)22(3)4/h10-11,13-16,18-19,22,25,32,34H,7-9,12,17,20-21H2,1-6H3. The van der Waals surface area contributed by atoms with Gasteiger partial charge in [-0.05, 0) is 68.6 Å². The van der Waals surface area contributed by atoms with Gasteiger partial charge in [0, 0.05) is 28.7 Å². The van der Waals surface area contributed by atoms with E-state index in [4.69, 9.17) is 9.47 Å². The van der Waals surface area contributed by atoms with Gasteiger partial charge in [0.05, 0.1) is 0 Å². The van der Waals surface area contributed by atoms with E-state index in [0.29, 0.717) is 5.75 Å². The Labute approximate surface area is 222 Å². The lowest BCUT2D eigenvalue weighted by Gasteiger charge is -2.31. The zero-order valence-electron chi connectivity index (χ0n) is 23.3. The Morgan fingerprint density at radius 1 is 1.08 bits per heavy atom. The first-order valence-electron chi connectivity index (χ1n) is 13.6. The van der Waals surface area contributed by atoms with Gasteiger partial charge in [0.1, 0.15) is 30.6 Å². The van der Waals surface area contributed by atoms with Crippen LogP contribution in [-0.2, 0) is 22.5 Å². The number of carbonyl (C=O) groups excluding carboxylic acids is 1. The number of aryl methyl sites for hydroxylation is 2. The molecule has 0 aliphatic rings. The minimum atomic E-state index is -0.914. The maximum absolute atomic E-state index is 12.5. The Hall–Kier alpha value is -2.83. The highest BCUT2D eigenvalue weighted by Crippen LogP contribution is 2.33. The molecule has 0 radical (unpaired) electrons. The molecule has 2 aromatic carbocycles. The van der Waals surface area contributed by atoms with Gasteiger partial charge in [0.25, 0.3) is 0 Å². The van der Waals surface area contributed by atoms with E-state index in [2.05, 4.69) is 66.2 Å². The summed E-state index contributed by atoms with van der Waals surface area (Å²) in [5, 5.41) is 14.7. The highest BCUT2D eigenvalue weighted by Gasteiger charge is 2.36. The Kier molecular flexibility index (Phi) is 10.2. The van der Waals surface area contributed by atoms with E-state index in [0.717, 1.165) is 19.4 Å². The van der Waals surface area contributed by atoms with Crippen LogP contribution in [0.25, 0.3) is 22.2 Å². The molecule has 2 N–H and O–H groups in total. The fraction of sp³-hybridized carbons (Fsp3) is 0.516. The molecule has 6 nitrogen and oxygen atoms in total. The summed E-state index contributed by atoms with van der Waals surface area (Å²) < 4.78 is 13.7. The van der Waals surface area contributed by atoms with Crippen molar-refractivity contribution in [2.45, 2.75) is 78.5 Å². The summed E-state index contributed by atoms with van der Waals surface area (Å²) in [6.45, 7) is 11.0. The van der Waals surface area contributed by atoms with Gasteiger partial charge in [-0.3, -0.25) is 4.79 Å². The Bertz CT molecular complexity index is 1170. The molecule has 0 saturated heterocycles. The number of esters is 1. The lowest BCUT2D eigenvalue weighted by atomic mass is 9.89. The van der Waals surface area contributed by atoms with E-state index in [1.165, 1.54) is 40.6 Å². The normalized spacial score (nSPS) is 14.1. The zero-order chi connectivity index (χ0) is 27.0. The number of aliphatic hydroxyl groups excluding tert-OH is 1. The second-order valence-corrected chi connectivity index (χ2v) is 10.3. The predicted molar refractivity (Wildman–Crippen MR) is 151 cm³/mol. The number of fused-ring (bicyclic) bond motifs is 1. The van der Waals surface area contributed by atoms with Gasteiger partial charge in [0.15, 0.2) is 0 Å². The quantitative estimate of drug-likeness (QED) is 0.207. The van der Waals surface area contributed by atoms with Crippen LogP contribution in [0.3, 0.4) is 0 Å². The van der Waals surface area contributed by atoms with Gasteiger partial charge in [-0.1, -0.05) is 58.7 Å². The summed E-state index contributed by atoms with van der Waals surface area (Å²) in [6.07, 6.45) is 3.50. The van der Waals surface area contributed by atoms with Crippen LogP contribution in [0.1, 0.15) is 59.4 Å². The number of para-hydroxylation sites is 1. The second-order valence-electron chi connectivity index (χ2n) is 10.3. The van der Waals surface area contributed by atoms with Crippen molar-refractivity contribution in [3.05, 3.63) is 54.1 Å². The lowest BCUT2D eigenvalue weighted by Crippen LogP contribution is -2.53. The molecule has 2 unspecified atom stereocenters. The van der Waals surface area contributed by atoms with Gasteiger partial charge in [-0.15, -0.1) is 0 Å². The number of benzene rings is 2. The maximum atomic E-state index is 12.5. The molecule has 0 bridgehead atoms. The number of aromatic nitrogens is 1. The van der Waals surface area contributed by atoms with Crippen molar-refractivity contribution in [3.8, 4) is 17.0 Å². The number of nitrogens with zero attached hydrogens (tertiary/aromatic N) is 1. The minimum Gasteiger partial charge on any atom is -0.491 e.